The zero-order valence-corrected chi connectivity index (χ0v) is 10.1. The molecule has 6 nitrogen and oxygen atoms in total. The second kappa shape index (κ2) is 12.9. The summed E-state index contributed by atoms with van der Waals surface area (Å²) in [4.78, 5) is 19.6. The Balaban J connectivity index is 0. The molecule has 0 aliphatic heterocycles. The van der Waals surface area contributed by atoms with Crippen molar-refractivity contribution in [1.82, 2.24) is 0 Å². The van der Waals surface area contributed by atoms with Gasteiger partial charge in [0, 0.05) is 5.57 Å². The highest BCUT2D eigenvalue weighted by atomic mass is 17.2. The van der Waals surface area contributed by atoms with E-state index in [-0.39, 0.29) is 19.8 Å². The Bertz CT molecular complexity index is 232. The van der Waals surface area contributed by atoms with E-state index in [0.717, 1.165) is 0 Å². The average molecular weight is 248 g/mol. The van der Waals surface area contributed by atoms with Gasteiger partial charge >= 0.3 is 5.97 Å². The van der Waals surface area contributed by atoms with Gasteiger partial charge in [0.2, 0.25) is 0 Å². The molecule has 100 valence electrons. The molecule has 0 fully saturated rings. The monoisotopic (exact) mass is 248 g/mol. The van der Waals surface area contributed by atoms with Crippen molar-refractivity contribution >= 4 is 5.97 Å². The molecule has 6 heteroatoms. The van der Waals surface area contributed by atoms with E-state index in [2.05, 4.69) is 16.4 Å². The SMILES string of the molecule is C=CCOOC(=O)C(C)=CC.OCC(O)CO. The number of aliphatic hydroxyl groups is 3. The summed E-state index contributed by atoms with van der Waals surface area (Å²) in [5.41, 5.74) is 0.522. The minimum absolute atomic E-state index is 0.211. The summed E-state index contributed by atoms with van der Waals surface area (Å²) < 4.78 is 0. The van der Waals surface area contributed by atoms with E-state index in [1.54, 1.807) is 19.9 Å². The average Bonchev–Trinajstić information content (AvgIpc) is 2.37. The van der Waals surface area contributed by atoms with Crippen molar-refractivity contribution in [3.8, 4) is 0 Å². The summed E-state index contributed by atoms with van der Waals surface area (Å²) >= 11 is 0. The summed E-state index contributed by atoms with van der Waals surface area (Å²) in [6.07, 6.45) is 2.20. The number of hydrogen-bond acceptors (Lipinski definition) is 6. The highest BCUT2D eigenvalue weighted by Gasteiger charge is 2.03. The van der Waals surface area contributed by atoms with E-state index in [1.807, 2.05) is 0 Å². The third-order valence-electron chi connectivity index (χ3n) is 1.50. The van der Waals surface area contributed by atoms with Gasteiger partial charge in [-0.05, 0) is 13.8 Å². The van der Waals surface area contributed by atoms with Crippen LogP contribution in [-0.4, -0.2) is 47.2 Å². The van der Waals surface area contributed by atoms with Crippen LogP contribution >= 0.6 is 0 Å². The quantitative estimate of drug-likeness (QED) is 0.200. The molecule has 0 heterocycles. The molecule has 0 saturated carbocycles. The van der Waals surface area contributed by atoms with Gasteiger partial charge in [0.15, 0.2) is 0 Å². The summed E-state index contributed by atoms with van der Waals surface area (Å²) in [5, 5.41) is 24.0. The van der Waals surface area contributed by atoms with Crippen LogP contribution in [0.5, 0.6) is 0 Å². The van der Waals surface area contributed by atoms with Crippen LogP contribution in [0.3, 0.4) is 0 Å². The van der Waals surface area contributed by atoms with Gasteiger partial charge in [-0.15, -0.1) is 6.58 Å². The van der Waals surface area contributed by atoms with E-state index in [1.165, 1.54) is 6.08 Å². The molecule has 0 amide bonds. The van der Waals surface area contributed by atoms with Crippen LogP contribution in [0.25, 0.3) is 0 Å². The molecule has 17 heavy (non-hydrogen) atoms. The van der Waals surface area contributed by atoms with E-state index < -0.39 is 12.1 Å². The van der Waals surface area contributed by atoms with Crippen molar-refractivity contribution in [3.05, 3.63) is 24.3 Å². The molecule has 0 bridgehead atoms. The Morgan fingerprint density at radius 2 is 1.94 bits per heavy atom. The maximum absolute atomic E-state index is 10.8. The Hall–Kier alpha value is -1.21. The highest BCUT2D eigenvalue weighted by molar-refractivity contribution is 5.87. The number of carbonyl (C=O) groups excluding carboxylic acids is 1. The standard InChI is InChI=1S/C8H12O3.C3H8O3/c1-4-6-10-11-8(9)7(3)5-2;4-1-3(6)2-5/h4-5H,1,6H2,2-3H3;3-6H,1-2H2. The number of rotatable bonds is 6. The smallest absolute Gasteiger partial charge is 0.368 e. The van der Waals surface area contributed by atoms with Crippen molar-refractivity contribution in [2.45, 2.75) is 20.0 Å². The largest absolute Gasteiger partial charge is 0.394 e. The van der Waals surface area contributed by atoms with E-state index in [4.69, 9.17) is 15.3 Å². The van der Waals surface area contributed by atoms with Crippen LogP contribution in [0.15, 0.2) is 24.3 Å². The molecule has 0 aromatic heterocycles. The van der Waals surface area contributed by atoms with Gasteiger partial charge < -0.3 is 15.3 Å². The van der Waals surface area contributed by atoms with Crippen LogP contribution in [0, 0.1) is 0 Å². The first-order chi connectivity index (χ1) is 8.03. The summed E-state index contributed by atoms with van der Waals surface area (Å²) in [6.45, 7) is 6.28. The molecule has 0 aromatic carbocycles. The van der Waals surface area contributed by atoms with Gasteiger partial charge in [0.1, 0.15) is 12.7 Å². The van der Waals surface area contributed by atoms with Gasteiger partial charge in [-0.25, -0.2) is 4.79 Å². The molecule has 0 aliphatic carbocycles. The summed E-state index contributed by atoms with van der Waals surface area (Å²) in [6, 6.07) is 0. The van der Waals surface area contributed by atoms with Crippen LogP contribution < -0.4 is 0 Å². The number of carbonyl (C=O) groups is 1. The lowest BCUT2D eigenvalue weighted by Gasteiger charge is -1.99. The maximum Gasteiger partial charge on any atom is 0.368 e. The fourth-order valence-electron chi connectivity index (χ4n) is 0.377. The first kappa shape index (κ1) is 18.2. The normalized spacial score (nSPS) is 10.6. The molecule has 0 radical (unpaired) electrons. The lowest BCUT2D eigenvalue weighted by atomic mass is 10.3. The molecule has 0 aliphatic rings. The van der Waals surface area contributed by atoms with Crippen LogP contribution in [0.4, 0.5) is 0 Å². The Kier molecular flexibility index (Phi) is 13.7. The molecule has 0 atom stereocenters. The van der Waals surface area contributed by atoms with E-state index >= 15 is 0 Å². The van der Waals surface area contributed by atoms with Crippen molar-refractivity contribution in [1.29, 1.82) is 0 Å². The second-order valence-electron chi connectivity index (χ2n) is 2.93. The van der Waals surface area contributed by atoms with E-state index in [0.29, 0.717) is 5.57 Å². The third kappa shape index (κ3) is 12.7. The van der Waals surface area contributed by atoms with Gasteiger partial charge in [-0.1, -0.05) is 12.2 Å². The molecule has 0 aromatic rings. The first-order valence-corrected chi connectivity index (χ1v) is 5.00. The number of allylic oxidation sites excluding steroid dienone is 1. The van der Waals surface area contributed by atoms with Gasteiger partial charge in [0.05, 0.1) is 13.2 Å². The Morgan fingerprint density at radius 3 is 2.24 bits per heavy atom. The lowest BCUT2D eigenvalue weighted by Crippen LogP contribution is -2.15. The Morgan fingerprint density at radius 1 is 1.41 bits per heavy atom. The highest BCUT2D eigenvalue weighted by Crippen LogP contribution is 1.95. The van der Waals surface area contributed by atoms with Crippen LogP contribution in [0.1, 0.15) is 13.8 Å². The van der Waals surface area contributed by atoms with Crippen LogP contribution in [-0.2, 0) is 14.6 Å². The number of hydrogen-bond donors (Lipinski definition) is 3. The van der Waals surface area contributed by atoms with Crippen molar-refractivity contribution < 1.29 is 29.9 Å². The summed E-state index contributed by atoms with van der Waals surface area (Å²) in [7, 11) is 0. The van der Waals surface area contributed by atoms with Gasteiger partial charge in [-0.3, -0.25) is 4.89 Å². The fourth-order valence-corrected chi connectivity index (χ4v) is 0.377. The molecule has 0 unspecified atom stereocenters. The first-order valence-electron chi connectivity index (χ1n) is 5.00. The molecular weight excluding hydrogens is 228 g/mol. The molecular formula is C11H20O6. The molecule has 3 N–H and O–H groups in total. The Labute approximate surface area is 101 Å². The van der Waals surface area contributed by atoms with Crippen molar-refractivity contribution in [2.24, 2.45) is 0 Å². The fraction of sp³-hybridized carbons (Fsp3) is 0.545. The molecule has 0 saturated heterocycles. The second-order valence-corrected chi connectivity index (χ2v) is 2.93. The van der Waals surface area contributed by atoms with Gasteiger partial charge in [0.25, 0.3) is 0 Å². The number of aliphatic hydroxyl groups excluding tert-OH is 3. The van der Waals surface area contributed by atoms with Crippen LogP contribution in [0.2, 0.25) is 0 Å². The minimum Gasteiger partial charge on any atom is -0.394 e. The van der Waals surface area contributed by atoms with Gasteiger partial charge in [-0.2, -0.15) is 4.89 Å². The third-order valence-corrected chi connectivity index (χ3v) is 1.50. The van der Waals surface area contributed by atoms with Crippen molar-refractivity contribution in [3.63, 3.8) is 0 Å². The minimum atomic E-state index is -0.954. The topological polar surface area (TPSA) is 96.2 Å². The predicted molar refractivity (Wildman–Crippen MR) is 61.9 cm³/mol. The predicted octanol–water partition coefficient (Wildman–Crippen LogP) is -0.0547. The maximum atomic E-state index is 10.8. The summed E-state index contributed by atoms with van der Waals surface area (Å²) in [5.74, 6) is -0.464. The molecule has 0 rings (SSSR count). The lowest BCUT2D eigenvalue weighted by molar-refractivity contribution is -0.261. The zero-order chi connectivity index (χ0) is 13.7. The molecule has 0 spiro atoms. The zero-order valence-electron chi connectivity index (χ0n) is 10.1. The van der Waals surface area contributed by atoms with Crippen molar-refractivity contribution in [2.75, 3.05) is 19.8 Å². The van der Waals surface area contributed by atoms with E-state index in [9.17, 15) is 4.79 Å².